The van der Waals surface area contributed by atoms with Gasteiger partial charge < -0.3 is 14.6 Å². The summed E-state index contributed by atoms with van der Waals surface area (Å²) in [5.74, 6) is -0.0269. The van der Waals surface area contributed by atoms with E-state index in [0.29, 0.717) is 38.1 Å². The monoisotopic (exact) mass is 560 g/mol. The summed E-state index contributed by atoms with van der Waals surface area (Å²) in [4.78, 5) is 25.6. The molecule has 0 saturated heterocycles. The molecule has 11 heteroatoms. The van der Waals surface area contributed by atoms with Crippen LogP contribution in [0.3, 0.4) is 0 Å². The maximum Gasteiger partial charge on any atom is 0.341 e. The standard InChI is InChI=1S/C25H22Cl2N4O3S2/c1-3-31-22(16-10-11-18(26)19(27)12-16)29-30-25(31)36-14-20(32)28-23-21(24(33)34-4-2)17(13-35-23)15-8-6-5-7-9-15/h5-13H,3-4,14H2,1-2H3,(H,28,32). The Morgan fingerprint density at radius 2 is 1.83 bits per heavy atom. The summed E-state index contributed by atoms with van der Waals surface area (Å²) < 4.78 is 7.17. The molecule has 0 atom stereocenters. The molecule has 1 amide bonds. The summed E-state index contributed by atoms with van der Waals surface area (Å²) in [6, 6.07) is 14.8. The summed E-state index contributed by atoms with van der Waals surface area (Å²) in [6.45, 7) is 4.55. The Labute approximate surface area is 226 Å². The van der Waals surface area contributed by atoms with E-state index in [0.717, 1.165) is 16.7 Å². The Bertz CT molecular complexity index is 1390. The molecule has 2 aromatic carbocycles. The lowest BCUT2D eigenvalue weighted by Gasteiger charge is -2.10. The maximum absolute atomic E-state index is 12.9. The van der Waals surface area contributed by atoms with Gasteiger partial charge in [-0.15, -0.1) is 21.5 Å². The van der Waals surface area contributed by atoms with Crippen molar-refractivity contribution in [2.75, 3.05) is 17.7 Å². The third-order valence-corrected chi connectivity index (χ3v) is 7.75. The number of nitrogens with zero attached hydrogens (tertiary/aromatic N) is 3. The van der Waals surface area contributed by atoms with Crippen LogP contribution in [0, 0.1) is 0 Å². The van der Waals surface area contributed by atoms with Crippen molar-refractivity contribution in [2.24, 2.45) is 0 Å². The molecule has 0 aliphatic carbocycles. The van der Waals surface area contributed by atoms with E-state index in [2.05, 4.69) is 15.5 Å². The zero-order valence-electron chi connectivity index (χ0n) is 19.5. The van der Waals surface area contributed by atoms with E-state index < -0.39 is 5.97 Å². The number of hydrogen-bond acceptors (Lipinski definition) is 7. The minimum Gasteiger partial charge on any atom is -0.462 e. The number of aromatic nitrogens is 3. The van der Waals surface area contributed by atoms with Gasteiger partial charge in [-0.2, -0.15) is 0 Å². The SMILES string of the molecule is CCOC(=O)c1c(-c2ccccc2)csc1NC(=O)CSc1nnc(-c2ccc(Cl)c(Cl)c2)n1CC. The van der Waals surface area contributed by atoms with Gasteiger partial charge in [-0.3, -0.25) is 4.79 Å². The number of amides is 1. The molecule has 0 bridgehead atoms. The molecule has 1 N–H and O–H groups in total. The molecule has 186 valence electrons. The Kier molecular flexibility index (Phi) is 8.68. The number of ether oxygens (including phenoxy) is 1. The molecule has 0 fully saturated rings. The molecule has 0 saturated carbocycles. The largest absolute Gasteiger partial charge is 0.462 e. The molecule has 0 unspecified atom stereocenters. The first kappa shape index (κ1) is 26.2. The molecule has 2 heterocycles. The Morgan fingerprint density at radius 1 is 1.06 bits per heavy atom. The first-order valence-corrected chi connectivity index (χ1v) is 13.7. The van der Waals surface area contributed by atoms with E-state index in [1.165, 1.54) is 23.1 Å². The van der Waals surface area contributed by atoms with Crippen molar-refractivity contribution in [1.82, 2.24) is 14.8 Å². The van der Waals surface area contributed by atoms with Gasteiger partial charge in [-0.25, -0.2) is 4.79 Å². The van der Waals surface area contributed by atoms with E-state index >= 15 is 0 Å². The van der Waals surface area contributed by atoms with Crippen LogP contribution in [0.25, 0.3) is 22.5 Å². The normalized spacial score (nSPS) is 10.9. The van der Waals surface area contributed by atoms with Crippen LogP contribution in [0.5, 0.6) is 0 Å². The summed E-state index contributed by atoms with van der Waals surface area (Å²) in [6.07, 6.45) is 0. The van der Waals surface area contributed by atoms with Gasteiger partial charge in [0.25, 0.3) is 0 Å². The van der Waals surface area contributed by atoms with Crippen molar-refractivity contribution in [3.8, 4) is 22.5 Å². The number of rotatable bonds is 9. The van der Waals surface area contributed by atoms with Gasteiger partial charge in [-0.1, -0.05) is 65.3 Å². The molecule has 0 radical (unpaired) electrons. The van der Waals surface area contributed by atoms with Crippen molar-refractivity contribution in [2.45, 2.75) is 25.5 Å². The molecular formula is C25H22Cl2N4O3S2. The lowest BCUT2D eigenvalue weighted by molar-refractivity contribution is -0.113. The van der Waals surface area contributed by atoms with Gasteiger partial charge in [-0.05, 0) is 37.6 Å². The highest BCUT2D eigenvalue weighted by Crippen LogP contribution is 2.36. The minimum atomic E-state index is -0.474. The number of hydrogen-bond donors (Lipinski definition) is 1. The summed E-state index contributed by atoms with van der Waals surface area (Å²) in [7, 11) is 0. The quantitative estimate of drug-likeness (QED) is 0.177. The van der Waals surface area contributed by atoms with E-state index in [4.69, 9.17) is 27.9 Å². The van der Waals surface area contributed by atoms with Crippen molar-refractivity contribution < 1.29 is 14.3 Å². The van der Waals surface area contributed by atoms with Gasteiger partial charge in [0.15, 0.2) is 11.0 Å². The van der Waals surface area contributed by atoms with Crippen LogP contribution >= 0.6 is 46.3 Å². The van der Waals surface area contributed by atoms with Crippen molar-refractivity contribution in [1.29, 1.82) is 0 Å². The first-order valence-electron chi connectivity index (χ1n) is 11.1. The second-order valence-corrected chi connectivity index (χ2v) is 10.1. The zero-order valence-corrected chi connectivity index (χ0v) is 22.6. The van der Waals surface area contributed by atoms with Crippen LogP contribution in [0.15, 0.2) is 59.1 Å². The van der Waals surface area contributed by atoms with Crippen molar-refractivity contribution >= 4 is 63.2 Å². The van der Waals surface area contributed by atoms with Gasteiger partial charge in [0.2, 0.25) is 5.91 Å². The van der Waals surface area contributed by atoms with E-state index in [1.54, 1.807) is 19.1 Å². The summed E-state index contributed by atoms with van der Waals surface area (Å²) in [5.41, 5.74) is 2.72. The first-order chi connectivity index (χ1) is 17.4. The Balaban J connectivity index is 1.51. The van der Waals surface area contributed by atoms with E-state index in [1.807, 2.05) is 53.3 Å². The van der Waals surface area contributed by atoms with Crippen molar-refractivity contribution in [3.63, 3.8) is 0 Å². The summed E-state index contributed by atoms with van der Waals surface area (Å²) >= 11 is 14.7. The zero-order chi connectivity index (χ0) is 25.7. The third kappa shape index (κ3) is 5.75. The Morgan fingerprint density at radius 3 is 2.53 bits per heavy atom. The third-order valence-electron chi connectivity index (χ3n) is 5.15. The van der Waals surface area contributed by atoms with Gasteiger partial charge >= 0.3 is 5.97 Å². The van der Waals surface area contributed by atoms with Crippen molar-refractivity contribution in [3.05, 3.63) is 69.5 Å². The number of thioether (sulfide) groups is 1. The molecule has 0 aliphatic rings. The number of carbonyl (C=O) groups is 2. The predicted molar refractivity (Wildman–Crippen MR) is 146 cm³/mol. The Hall–Kier alpha value is -2.85. The number of nitrogens with one attached hydrogen (secondary N) is 1. The topological polar surface area (TPSA) is 86.1 Å². The molecule has 4 rings (SSSR count). The van der Waals surface area contributed by atoms with Gasteiger partial charge in [0.05, 0.1) is 22.4 Å². The lowest BCUT2D eigenvalue weighted by Crippen LogP contribution is -2.16. The average Bonchev–Trinajstić information content (AvgIpc) is 3.49. The molecule has 4 aromatic rings. The van der Waals surface area contributed by atoms with Crippen LogP contribution < -0.4 is 5.32 Å². The molecule has 0 spiro atoms. The van der Waals surface area contributed by atoms with Crippen LogP contribution in [-0.4, -0.2) is 39.0 Å². The number of benzene rings is 2. The number of thiophene rings is 1. The highest BCUT2D eigenvalue weighted by atomic mass is 35.5. The average molecular weight is 562 g/mol. The molecule has 0 aliphatic heterocycles. The smallest absolute Gasteiger partial charge is 0.341 e. The van der Waals surface area contributed by atoms with Gasteiger partial charge in [0.1, 0.15) is 10.6 Å². The fourth-order valence-corrected chi connectivity index (χ4v) is 5.58. The minimum absolute atomic E-state index is 0.0837. The van der Waals surface area contributed by atoms with Crippen LogP contribution in [0.1, 0.15) is 24.2 Å². The molecule has 7 nitrogen and oxygen atoms in total. The highest BCUT2D eigenvalue weighted by Gasteiger charge is 2.23. The summed E-state index contributed by atoms with van der Waals surface area (Å²) in [5, 5.41) is 15.2. The lowest BCUT2D eigenvalue weighted by atomic mass is 10.0. The van der Waals surface area contributed by atoms with E-state index in [-0.39, 0.29) is 18.3 Å². The number of halogens is 2. The fraction of sp³-hybridized carbons (Fsp3) is 0.200. The fourth-order valence-electron chi connectivity index (χ4n) is 3.51. The van der Waals surface area contributed by atoms with Crippen LogP contribution in [0.4, 0.5) is 5.00 Å². The highest BCUT2D eigenvalue weighted by molar-refractivity contribution is 7.99. The van der Waals surface area contributed by atoms with E-state index in [9.17, 15) is 9.59 Å². The molecule has 2 aromatic heterocycles. The predicted octanol–water partition coefficient (Wildman–Crippen LogP) is 6.91. The van der Waals surface area contributed by atoms with Crippen LogP contribution in [-0.2, 0) is 16.1 Å². The van der Waals surface area contributed by atoms with Crippen LogP contribution in [0.2, 0.25) is 10.0 Å². The number of esters is 1. The maximum atomic E-state index is 12.9. The second kappa shape index (κ2) is 11.9. The number of anilines is 1. The number of carbonyl (C=O) groups excluding carboxylic acids is 2. The second-order valence-electron chi connectivity index (χ2n) is 7.46. The molecule has 36 heavy (non-hydrogen) atoms. The van der Waals surface area contributed by atoms with Gasteiger partial charge in [0, 0.05) is 23.1 Å². The molecular weight excluding hydrogens is 539 g/mol.